The van der Waals surface area contributed by atoms with E-state index in [1.807, 2.05) is 6.07 Å². The molecule has 1 aliphatic heterocycles. The van der Waals surface area contributed by atoms with Crippen molar-refractivity contribution in [2.75, 3.05) is 0 Å². The van der Waals surface area contributed by atoms with Gasteiger partial charge in [-0.1, -0.05) is 35.3 Å². The zero-order chi connectivity index (χ0) is 9.10. The Kier molecular flexibility index (Phi) is 1.97. The van der Waals surface area contributed by atoms with Crippen molar-refractivity contribution in [3.63, 3.8) is 0 Å². The van der Waals surface area contributed by atoms with Crippen LogP contribution in [-0.2, 0) is 9.88 Å². The third-order valence-electron chi connectivity index (χ3n) is 1.65. The molecular weight excluding hydrogens is 170 g/mol. The van der Waals surface area contributed by atoms with Crippen molar-refractivity contribution < 1.29 is 14.7 Å². The van der Waals surface area contributed by atoms with Crippen LogP contribution in [0.2, 0.25) is 0 Å². The summed E-state index contributed by atoms with van der Waals surface area (Å²) in [5.41, 5.74) is 3.23. The van der Waals surface area contributed by atoms with E-state index < -0.39 is 0 Å². The number of hydrogen-bond acceptors (Lipinski definition) is 4. The first-order valence-corrected chi connectivity index (χ1v) is 3.76. The smallest absolute Gasteiger partial charge is 0.214 e. The van der Waals surface area contributed by atoms with Crippen LogP contribution in [0, 0.1) is 0 Å². The highest BCUT2D eigenvalue weighted by atomic mass is 17.3. The molecule has 1 aliphatic rings. The predicted molar refractivity (Wildman–Crippen MR) is 44.2 cm³/mol. The zero-order valence-corrected chi connectivity index (χ0v) is 6.69. The van der Waals surface area contributed by atoms with Crippen molar-refractivity contribution in [3.05, 3.63) is 47.9 Å². The number of hydrogen-bond donors (Lipinski definition) is 1. The number of benzene rings is 1. The van der Waals surface area contributed by atoms with Crippen molar-refractivity contribution in [1.29, 1.82) is 0 Å². The van der Waals surface area contributed by atoms with Gasteiger partial charge in [-0.05, 0) is 0 Å². The fourth-order valence-electron chi connectivity index (χ4n) is 1.01. The standard InChI is InChI=1S/C9H7NO3/c11-9(8-6-12-13-10-8)7-4-2-1-3-5-7/h1-6,10H. The summed E-state index contributed by atoms with van der Waals surface area (Å²) in [6.45, 7) is 0. The maximum absolute atomic E-state index is 11.6. The number of carbonyl (C=O) groups is 1. The molecule has 0 unspecified atom stereocenters. The number of hydroxylamine groups is 1. The minimum atomic E-state index is -0.155. The summed E-state index contributed by atoms with van der Waals surface area (Å²) in [4.78, 5) is 20.3. The van der Waals surface area contributed by atoms with E-state index in [2.05, 4.69) is 15.4 Å². The number of allylic oxidation sites excluding steroid dienone is 1. The van der Waals surface area contributed by atoms with Gasteiger partial charge in [-0.25, -0.2) is 5.48 Å². The van der Waals surface area contributed by atoms with Crippen molar-refractivity contribution in [1.82, 2.24) is 5.48 Å². The summed E-state index contributed by atoms with van der Waals surface area (Å²) >= 11 is 0. The summed E-state index contributed by atoms with van der Waals surface area (Å²) in [5, 5.41) is 0. The van der Waals surface area contributed by atoms with Gasteiger partial charge in [0.15, 0.2) is 12.0 Å². The molecule has 0 atom stereocenters. The molecule has 2 rings (SSSR count). The normalized spacial score (nSPS) is 14.3. The Bertz CT molecular complexity index is 345. The fraction of sp³-hybridized carbons (Fsp3) is 0. The molecule has 0 saturated carbocycles. The van der Waals surface area contributed by atoms with E-state index >= 15 is 0 Å². The molecule has 4 nitrogen and oxygen atoms in total. The first-order valence-electron chi connectivity index (χ1n) is 3.76. The molecule has 4 heteroatoms. The van der Waals surface area contributed by atoms with Gasteiger partial charge in [-0.3, -0.25) is 4.79 Å². The Hall–Kier alpha value is -1.81. The van der Waals surface area contributed by atoms with E-state index in [0.29, 0.717) is 11.3 Å². The van der Waals surface area contributed by atoms with E-state index in [-0.39, 0.29) is 5.78 Å². The van der Waals surface area contributed by atoms with Crippen LogP contribution < -0.4 is 5.48 Å². The molecule has 0 saturated heterocycles. The van der Waals surface area contributed by atoms with Gasteiger partial charge in [0.1, 0.15) is 0 Å². The maximum Gasteiger partial charge on any atom is 0.214 e. The highest BCUT2D eigenvalue weighted by molar-refractivity contribution is 6.08. The number of ketones is 1. The van der Waals surface area contributed by atoms with Crippen molar-refractivity contribution in [3.8, 4) is 0 Å². The Balaban J connectivity index is 2.23. The first-order chi connectivity index (χ1) is 6.38. The highest BCUT2D eigenvalue weighted by Gasteiger charge is 2.16. The van der Waals surface area contributed by atoms with Crippen LogP contribution >= 0.6 is 0 Å². The van der Waals surface area contributed by atoms with Gasteiger partial charge < -0.3 is 4.89 Å². The lowest BCUT2D eigenvalue weighted by molar-refractivity contribution is -0.265. The quantitative estimate of drug-likeness (QED) is 0.544. The van der Waals surface area contributed by atoms with E-state index in [1.165, 1.54) is 6.26 Å². The molecule has 1 heterocycles. The number of carbonyl (C=O) groups excluding carboxylic acids is 1. The predicted octanol–water partition coefficient (Wildman–Crippen LogP) is 1.18. The topological polar surface area (TPSA) is 47.6 Å². The molecular formula is C9H7NO3. The lowest BCUT2D eigenvalue weighted by atomic mass is 10.1. The molecule has 13 heavy (non-hydrogen) atoms. The molecule has 0 aromatic heterocycles. The summed E-state index contributed by atoms with van der Waals surface area (Å²) in [6.07, 6.45) is 1.23. The fourth-order valence-corrected chi connectivity index (χ4v) is 1.01. The minimum absolute atomic E-state index is 0.155. The Morgan fingerprint density at radius 1 is 1.23 bits per heavy atom. The molecule has 0 fully saturated rings. The third kappa shape index (κ3) is 1.52. The van der Waals surface area contributed by atoms with Crippen LogP contribution in [0.15, 0.2) is 42.3 Å². The van der Waals surface area contributed by atoms with Crippen LogP contribution in [0.5, 0.6) is 0 Å². The molecule has 1 aromatic rings. The summed E-state index contributed by atoms with van der Waals surface area (Å²) < 4.78 is 0. The Morgan fingerprint density at radius 2 is 2.00 bits per heavy atom. The third-order valence-corrected chi connectivity index (χ3v) is 1.65. The van der Waals surface area contributed by atoms with E-state index in [0.717, 1.165) is 0 Å². The van der Waals surface area contributed by atoms with Gasteiger partial charge in [-0.2, -0.15) is 0 Å². The van der Waals surface area contributed by atoms with Crippen molar-refractivity contribution in [2.45, 2.75) is 0 Å². The summed E-state index contributed by atoms with van der Waals surface area (Å²) in [7, 11) is 0. The van der Waals surface area contributed by atoms with Crippen LogP contribution in [-0.4, -0.2) is 5.78 Å². The summed E-state index contributed by atoms with van der Waals surface area (Å²) in [5.74, 6) is -0.155. The molecule has 1 aromatic carbocycles. The largest absolute Gasteiger partial charge is 0.320 e. The zero-order valence-electron chi connectivity index (χ0n) is 6.69. The second-order valence-corrected chi connectivity index (χ2v) is 2.51. The Morgan fingerprint density at radius 3 is 2.62 bits per heavy atom. The van der Waals surface area contributed by atoms with Gasteiger partial charge in [0, 0.05) is 5.56 Å². The first kappa shape index (κ1) is 7.82. The monoisotopic (exact) mass is 177 g/mol. The molecule has 0 bridgehead atoms. The molecule has 0 radical (unpaired) electrons. The van der Waals surface area contributed by atoms with Gasteiger partial charge in [0.2, 0.25) is 5.78 Å². The number of Topliss-reactive ketones (excluding diaryl/α,β-unsaturated/α-hetero) is 1. The van der Waals surface area contributed by atoms with Gasteiger partial charge in [0.25, 0.3) is 0 Å². The van der Waals surface area contributed by atoms with E-state index in [4.69, 9.17) is 0 Å². The lowest BCUT2D eigenvalue weighted by Crippen LogP contribution is -2.14. The van der Waals surface area contributed by atoms with Gasteiger partial charge in [0.05, 0.1) is 0 Å². The highest BCUT2D eigenvalue weighted by Crippen LogP contribution is 2.09. The van der Waals surface area contributed by atoms with E-state index in [1.54, 1.807) is 24.3 Å². The number of nitrogens with one attached hydrogen (secondary N) is 1. The van der Waals surface area contributed by atoms with Crippen LogP contribution in [0.3, 0.4) is 0 Å². The van der Waals surface area contributed by atoms with Crippen LogP contribution in [0.25, 0.3) is 0 Å². The second-order valence-electron chi connectivity index (χ2n) is 2.51. The van der Waals surface area contributed by atoms with E-state index in [9.17, 15) is 4.79 Å². The molecule has 0 spiro atoms. The number of rotatable bonds is 2. The average molecular weight is 177 g/mol. The summed E-state index contributed by atoms with van der Waals surface area (Å²) in [6, 6.07) is 8.89. The van der Waals surface area contributed by atoms with Crippen molar-refractivity contribution >= 4 is 5.78 Å². The van der Waals surface area contributed by atoms with Gasteiger partial charge >= 0.3 is 0 Å². The van der Waals surface area contributed by atoms with Gasteiger partial charge in [-0.15, -0.1) is 0 Å². The maximum atomic E-state index is 11.6. The average Bonchev–Trinajstić information content (AvgIpc) is 2.71. The van der Waals surface area contributed by atoms with Crippen LogP contribution in [0.4, 0.5) is 0 Å². The molecule has 1 N–H and O–H groups in total. The molecule has 0 aliphatic carbocycles. The molecule has 0 amide bonds. The molecule has 66 valence electrons. The lowest BCUT2D eigenvalue weighted by Gasteiger charge is -1.98. The minimum Gasteiger partial charge on any atom is -0.320 e. The van der Waals surface area contributed by atoms with Crippen LogP contribution in [0.1, 0.15) is 10.4 Å². The SMILES string of the molecule is O=C(C1=COON1)c1ccccc1. The second kappa shape index (κ2) is 3.28. The Labute approximate surface area is 74.7 Å². The van der Waals surface area contributed by atoms with Crippen molar-refractivity contribution in [2.24, 2.45) is 0 Å².